The Balaban J connectivity index is 1.60. The molecule has 0 atom stereocenters. The van der Waals surface area contributed by atoms with Crippen LogP contribution in [0.3, 0.4) is 0 Å². The summed E-state index contributed by atoms with van der Waals surface area (Å²) < 4.78 is 21.4. The molecule has 0 aromatic heterocycles. The van der Waals surface area contributed by atoms with Crippen LogP contribution in [0.5, 0.6) is 23.0 Å². The topological polar surface area (TPSA) is 71.1 Å². The number of ketones is 1. The smallest absolute Gasteiger partial charge is 0.310 e. The molecule has 2 aliphatic heterocycles. The van der Waals surface area contributed by atoms with Crippen LogP contribution in [0.25, 0.3) is 6.08 Å². The fraction of sp³-hybridized carbons (Fsp3) is 0.158. The summed E-state index contributed by atoms with van der Waals surface area (Å²) in [6.45, 7) is 1.90. The van der Waals surface area contributed by atoms with Crippen molar-refractivity contribution in [3.63, 3.8) is 0 Å². The molecule has 0 amide bonds. The molecule has 2 aromatic rings. The first-order valence-corrected chi connectivity index (χ1v) is 7.82. The minimum absolute atomic E-state index is 0.190. The number of Topliss-reactive ketones (excluding diaryl/α,β-unsaturated/α-hetero) is 1. The molecule has 0 unspecified atom stereocenters. The zero-order valence-corrected chi connectivity index (χ0v) is 13.4. The van der Waals surface area contributed by atoms with Crippen LogP contribution in [0, 0.1) is 0 Å². The van der Waals surface area contributed by atoms with E-state index in [1.165, 1.54) is 0 Å². The van der Waals surface area contributed by atoms with Crippen LogP contribution in [0.15, 0.2) is 42.2 Å². The number of carbonyl (C=O) groups excluding carboxylic acids is 2. The highest BCUT2D eigenvalue weighted by molar-refractivity contribution is 6.14. The van der Waals surface area contributed by atoms with E-state index in [1.54, 1.807) is 43.3 Å². The molecule has 0 radical (unpaired) electrons. The van der Waals surface area contributed by atoms with Gasteiger partial charge in [0.15, 0.2) is 17.3 Å². The van der Waals surface area contributed by atoms with Crippen molar-refractivity contribution >= 4 is 17.8 Å². The first-order chi connectivity index (χ1) is 12.1. The Morgan fingerprint density at radius 1 is 1.12 bits per heavy atom. The fourth-order valence-corrected chi connectivity index (χ4v) is 2.59. The highest BCUT2D eigenvalue weighted by atomic mass is 16.7. The first-order valence-electron chi connectivity index (χ1n) is 7.82. The lowest BCUT2D eigenvalue weighted by Gasteiger charge is -2.04. The number of fused-ring (bicyclic) bond motifs is 2. The van der Waals surface area contributed by atoms with Crippen LogP contribution in [0.2, 0.25) is 0 Å². The summed E-state index contributed by atoms with van der Waals surface area (Å²) >= 11 is 0. The van der Waals surface area contributed by atoms with E-state index >= 15 is 0 Å². The summed E-state index contributed by atoms with van der Waals surface area (Å²) in [5.74, 6) is 1.66. The maximum absolute atomic E-state index is 12.5. The van der Waals surface area contributed by atoms with Gasteiger partial charge < -0.3 is 18.9 Å². The minimum Gasteiger partial charge on any atom is -0.454 e. The highest BCUT2D eigenvalue weighted by Crippen LogP contribution is 2.37. The van der Waals surface area contributed by atoms with Gasteiger partial charge in [0.05, 0.1) is 5.56 Å². The number of esters is 1. The Kier molecular flexibility index (Phi) is 3.65. The summed E-state index contributed by atoms with van der Waals surface area (Å²) in [5, 5.41) is 0. The van der Waals surface area contributed by atoms with Gasteiger partial charge in [0.25, 0.3) is 0 Å². The fourth-order valence-electron chi connectivity index (χ4n) is 2.59. The van der Waals surface area contributed by atoms with Crippen LogP contribution in [-0.2, 0) is 4.79 Å². The van der Waals surface area contributed by atoms with Gasteiger partial charge in [-0.15, -0.1) is 0 Å². The monoisotopic (exact) mass is 338 g/mol. The second-order valence-corrected chi connectivity index (χ2v) is 5.54. The number of rotatable bonds is 3. The van der Waals surface area contributed by atoms with Crippen molar-refractivity contribution < 1.29 is 28.5 Å². The average molecular weight is 338 g/mol. The second-order valence-electron chi connectivity index (χ2n) is 5.54. The van der Waals surface area contributed by atoms with Crippen LogP contribution < -0.4 is 18.9 Å². The first kappa shape index (κ1) is 15.3. The molecule has 126 valence electrons. The number of hydrogen-bond acceptors (Lipinski definition) is 6. The third-order valence-electron chi connectivity index (χ3n) is 3.86. The molecular formula is C19H14O6. The summed E-state index contributed by atoms with van der Waals surface area (Å²) in [5.41, 5.74) is 1.20. The SMILES string of the molecule is CCC(=O)Oc1ccc2c(c1)OC(=Cc1ccc3c(c1)OCO3)C2=O. The highest BCUT2D eigenvalue weighted by Gasteiger charge is 2.28. The summed E-state index contributed by atoms with van der Waals surface area (Å²) in [6, 6.07) is 10.1. The van der Waals surface area contributed by atoms with Crippen molar-refractivity contribution in [2.45, 2.75) is 13.3 Å². The lowest BCUT2D eigenvalue weighted by Crippen LogP contribution is -2.05. The van der Waals surface area contributed by atoms with Crippen molar-refractivity contribution in [1.29, 1.82) is 0 Å². The Morgan fingerprint density at radius 3 is 2.80 bits per heavy atom. The van der Waals surface area contributed by atoms with E-state index in [0.717, 1.165) is 5.56 Å². The molecule has 4 rings (SSSR count). The summed E-state index contributed by atoms with van der Waals surface area (Å²) in [4.78, 5) is 23.8. The normalized spacial score (nSPS) is 15.9. The van der Waals surface area contributed by atoms with Gasteiger partial charge in [-0.25, -0.2) is 0 Å². The zero-order chi connectivity index (χ0) is 17.4. The lowest BCUT2D eigenvalue weighted by atomic mass is 10.1. The molecule has 0 saturated carbocycles. The number of carbonyl (C=O) groups is 2. The van der Waals surface area contributed by atoms with Gasteiger partial charge in [0, 0.05) is 12.5 Å². The molecule has 2 aromatic carbocycles. The van der Waals surface area contributed by atoms with Gasteiger partial charge in [0.2, 0.25) is 12.6 Å². The number of ether oxygens (including phenoxy) is 4. The molecule has 0 aliphatic carbocycles. The molecule has 0 spiro atoms. The van der Waals surface area contributed by atoms with Crippen LogP contribution >= 0.6 is 0 Å². The van der Waals surface area contributed by atoms with E-state index < -0.39 is 0 Å². The van der Waals surface area contributed by atoms with Crippen molar-refractivity contribution in [3.05, 3.63) is 53.3 Å². The van der Waals surface area contributed by atoms with Gasteiger partial charge in [-0.1, -0.05) is 13.0 Å². The molecule has 0 fully saturated rings. The van der Waals surface area contributed by atoms with E-state index in [1.807, 2.05) is 6.07 Å². The number of allylic oxidation sites excluding steroid dienone is 1. The van der Waals surface area contributed by atoms with Crippen molar-refractivity contribution in [1.82, 2.24) is 0 Å². The van der Waals surface area contributed by atoms with Gasteiger partial charge in [0.1, 0.15) is 11.5 Å². The molecule has 0 saturated heterocycles. The second kappa shape index (κ2) is 5.98. The Bertz CT molecular complexity index is 912. The standard InChI is InChI=1S/C19H14O6/c1-2-18(20)24-12-4-5-13-15(9-12)25-17(19(13)21)8-11-3-6-14-16(7-11)23-10-22-14/h3-9H,2,10H2,1H3. The maximum atomic E-state index is 12.5. The van der Waals surface area contributed by atoms with Crippen molar-refractivity contribution in [3.8, 4) is 23.0 Å². The summed E-state index contributed by atoms with van der Waals surface area (Å²) in [6.07, 6.45) is 1.91. The largest absolute Gasteiger partial charge is 0.454 e. The molecule has 6 heteroatoms. The lowest BCUT2D eigenvalue weighted by molar-refractivity contribution is -0.134. The van der Waals surface area contributed by atoms with E-state index in [2.05, 4.69) is 0 Å². The van der Waals surface area contributed by atoms with Gasteiger partial charge >= 0.3 is 5.97 Å². The predicted molar refractivity (Wildman–Crippen MR) is 87.9 cm³/mol. The van der Waals surface area contributed by atoms with Crippen LogP contribution in [0.1, 0.15) is 29.3 Å². The van der Waals surface area contributed by atoms with Crippen LogP contribution in [0.4, 0.5) is 0 Å². The molecule has 6 nitrogen and oxygen atoms in total. The van der Waals surface area contributed by atoms with Gasteiger partial charge in [-0.3, -0.25) is 9.59 Å². The average Bonchev–Trinajstić information content (AvgIpc) is 3.19. The van der Waals surface area contributed by atoms with Crippen LogP contribution in [-0.4, -0.2) is 18.5 Å². The van der Waals surface area contributed by atoms with Crippen molar-refractivity contribution in [2.24, 2.45) is 0 Å². The Morgan fingerprint density at radius 2 is 1.96 bits per heavy atom. The number of benzene rings is 2. The predicted octanol–water partition coefficient (Wildman–Crippen LogP) is 3.35. The molecule has 25 heavy (non-hydrogen) atoms. The van der Waals surface area contributed by atoms with Crippen molar-refractivity contribution in [2.75, 3.05) is 6.79 Å². The quantitative estimate of drug-likeness (QED) is 0.485. The van der Waals surface area contributed by atoms with Gasteiger partial charge in [-0.2, -0.15) is 0 Å². The van der Waals surface area contributed by atoms with Gasteiger partial charge in [-0.05, 0) is 35.9 Å². The summed E-state index contributed by atoms with van der Waals surface area (Å²) in [7, 11) is 0. The zero-order valence-electron chi connectivity index (χ0n) is 13.4. The minimum atomic E-state index is -0.347. The third-order valence-corrected chi connectivity index (χ3v) is 3.86. The third kappa shape index (κ3) is 2.82. The Hall–Kier alpha value is -3.28. The van der Waals surface area contributed by atoms with E-state index in [-0.39, 0.29) is 30.7 Å². The van der Waals surface area contributed by atoms with E-state index in [0.29, 0.717) is 28.6 Å². The molecule has 0 bridgehead atoms. The molecule has 0 N–H and O–H groups in total. The molecule has 2 heterocycles. The van der Waals surface area contributed by atoms with E-state index in [9.17, 15) is 9.59 Å². The maximum Gasteiger partial charge on any atom is 0.310 e. The molecular weight excluding hydrogens is 324 g/mol. The number of hydrogen-bond donors (Lipinski definition) is 0. The Labute approximate surface area is 143 Å². The molecule has 2 aliphatic rings. The van der Waals surface area contributed by atoms with E-state index in [4.69, 9.17) is 18.9 Å².